The van der Waals surface area contributed by atoms with E-state index in [1.807, 2.05) is 0 Å². The molecule has 0 unspecified atom stereocenters. The van der Waals surface area contributed by atoms with Crippen LogP contribution in [0.2, 0.25) is 0 Å². The number of piperazine rings is 1. The van der Waals surface area contributed by atoms with E-state index in [2.05, 4.69) is 5.32 Å². The number of aliphatic carboxylic acids is 1. The predicted octanol–water partition coefficient (Wildman–Crippen LogP) is -0.135. The molecule has 2 aliphatic heterocycles. The number of carboxylic acid groups (broad SMARTS) is 1. The number of aromatic hydroxyl groups is 1. The molecule has 0 spiro atoms. The van der Waals surface area contributed by atoms with Crippen molar-refractivity contribution >= 4 is 17.8 Å². The van der Waals surface area contributed by atoms with Gasteiger partial charge < -0.3 is 20.4 Å². The van der Waals surface area contributed by atoms with Crippen molar-refractivity contribution in [3.05, 3.63) is 29.8 Å². The highest BCUT2D eigenvalue weighted by Gasteiger charge is 2.52. The minimum absolute atomic E-state index is 0.0582. The van der Waals surface area contributed by atoms with Crippen molar-refractivity contribution in [3.8, 4) is 5.75 Å². The van der Waals surface area contributed by atoms with Gasteiger partial charge in [-0.15, -0.1) is 0 Å². The van der Waals surface area contributed by atoms with Gasteiger partial charge in [-0.1, -0.05) is 12.1 Å². The number of benzene rings is 1. The van der Waals surface area contributed by atoms with E-state index in [1.54, 1.807) is 12.1 Å². The second-order valence-electron chi connectivity index (χ2n) is 5.25. The van der Waals surface area contributed by atoms with Crippen LogP contribution in [0.25, 0.3) is 0 Å². The Morgan fingerprint density at radius 2 is 1.90 bits per heavy atom. The Morgan fingerprint density at radius 1 is 1.24 bits per heavy atom. The normalized spacial score (nSPS) is 28.2. The minimum Gasteiger partial charge on any atom is -0.508 e. The van der Waals surface area contributed by atoms with E-state index >= 15 is 0 Å². The van der Waals surface area contributed by atoms with Gasteiger partial charge in [0.15, 0.2) is 0 Å². The molecule has 0 saturated carbocycles. The number of carbonyl (C=O) groups excluding carboxylic acids is 2. The largest absolute Gasteiger partial charge is 0.508 e. The predicted molar refractivity (Wildman–Crippen MR) is 70.2 cm³/mol. The minimum atomic E-state index is -1.04. The Kier molecular flexibility index (Phi) is 3.04. The van der Waals surface area contributed by atoms with Crippen molar-refractivity contribution < 1.29 is 24.6 Å². The summed E-state index contributed by atoms with van der Waals surface area (Å²) in [6.07, 6.45) is 0.0957. The average molecular weight is 290 g/mol. The monoisotopic (exact) mass is 290 g/mol. The van der Waals surface area contributed by atoms with E-state index in [9.17, 15) is 24.6 Å². The van der Waals surface area contributed by atoms with Crippen LogP contribution >= 0.6 is 0 Å². The molecule has 0 radical (unpaired) electrons. The first-order valence-electron chi connectivity index (χ1n) is 6.59. The maximum Gasteiger partial charge on any atom is 0.309 e. The van der Waals surface area contributed by atoms with E-state index in [0.717, 1.165) is 0 Å². The number of rotatable bonds is 2. The molecule has 2 saturated heterocycles. The summed E-state index contributed by atoms with van der Waals surface area (Å²) in [5.74, 6) is -2.43. The van der Waals surface area contributed by atoms with Crippen LogP contribution in [-0.2, 0) is 14.4 Å². The topological polar surface area (TPSA) is 107 Å². The Morgan fingerprint density at radius 3 is 2.52 bits per heavy atom. The molecule has 2 amide bonds. The number of nitrogens with zero attached hydrogens (tertiary/aromatic N) is 1. The second-order valence-corrected chi connectivity index (χ2v) is 5.25. The molecule has 2 fully saturated rings. The summed E-state index contributed by atoms with van der Waals surface area (Å²) >= 11 is 0. The van der Waals surface area contributed by atoms with Gasteiger partial charge in [-0.25, -0.2) is 0 Å². The summed E-state index contributed by atoms with van der Waals surface area (Å²) in [5, 5.41) is 21.2. The van der Waals surface area contributed by atoms with E-state index in [4.69, 9.17) is 0 Å². The number of carboxylic acids is 1. The number of nitrogens with one attached hydrogen (secondary N) is 1. The first kappa shape index (κ1) is 13.4. The Labute approximate surface area is 120 Å². The number of amides is 2. The van der Waals surface area contributed by atoms with Crippen molar-refractivity contribution in [2.24, 2.45) is 5.92 Å². The Bertz CT molecular complexity index is 612. The van der Waals surface area contributed by atoms with Gasteiger partial charge in [0, 0.05) is 0 Å². The lowest BCUT2D eigenvalue weighted by Gasteiger charge is -2.34. The number of phenols is 1. The van der Waals surface area contributed by atoms with Crippen LogP contribution in [-0.4, -0.2) is 45.5 Å². The first-order chi connectivity index (χ1) is 9.99. The fourth-order valence-electron chi connectivity index (χ4n) is 3.11. The Balaban J connectivity index is 2.04. The van der Waals surface area contributed by atoms with E-state index in [-0.39, 0.29) is 30.5 Å². The maximum atomic E-state index is 12.1. The third kappa shape index (κ3) is 2.10. The molecule has 21 heavy (non-hydrogen) atoms. The zero-order chi connectivity index (χ0) is 15.1. The molecule has 2 aliphatic rings. The van der Waals surface area contributed by atoms with Crippen LogP contribution in [0, 0.1) is 5.92 Å². The lowest BCUT2D eigenvalue weighted by atomic mass is 9.93. The average Bonchev–Trinajstić information content (AvgIpc) is 2.86. The number of phenolic OH excluding ortho intramolecular Hbond substituents is 1. The molecule has 1 aromatic carbocycles. The van der Waals surface area contributed by atoms with Crippen LogP contribution in [0.4, 0.5) is 0 Å². The van der Waals surface area contributed by atoms with Crippen LogP contribution in [0.5, 0.6) is 5.75 Å². The van der Waals surface area contributed by atoms with Gasteiger partial charge in [-0.2, -0.15) is 0 Å². The molecule has 7 heteroatoms. The van der Waals surface area contributed by atoms with Crippen LogP contribution < -0.4 is 5.32 Å². The first-order valence-corrected chi connectivity index (χ1v) is 6.59. The van der Waals surface area contributed by atoms with Crippen LogP contribution in [0.3, 0.4) is 0 Å². The highest BCUT2D eigenvalue weighted by Crippen LogP contribution is 2.42. The molecule has 3 N–H and O–H groups in total. The summed E-state index contributed by atoms with van der Waals surface area (Å²) in [4.78, 5) is 36.8. The van der Waals surface area contributed by atoms with Gasteiger partial charge in [0.25, 0.3) is 0 Å². The molecule has 110 valence electrons. The molecule has 0 bridgehead atoms. The van der Waals surface area contributed by atoms with Crippen molar-refractivity contribution in [1.82, 2.24) is 10.2 Å². The van der Waals surface area contributed by atoms with Gasteiger partial charge in [0.05, 0.1) is 18.5 Å². The molecule has 0 aliphatic carbocycles. The van der Waals surface area contributed by atoms with Crippen molar-refractivity contribution in [2.45, 2.75) is 18.5 Å². The molecule has 1 aromatic rings. The molecule has 3 rings (SSSR count). The number of hydrogen-bond donors (Lipinski definition) is 3. The fraction of sp³-hybridized carbons (Fsp3) is 0.357. The number of carbonyl (C=O) groups is 3. The fourth-order valence-corrected chi connectivity index (χ4v) is 3.11. The molecule has 0 aromatic heterocycles. The SMILES string of the molecule is O=C(O)[C@H]1C[C@H]2C(=O)NCC(=O)N2[C@H]1c1ccc(O)cc1. The summed E-state index contributed by atoms with van der Waals surface area (Å²) in [6, 6.07) is 4.61. The lowest BCUT2D eigenvalue weighted by Crippen LogP contribution is -2.56. The van der Waals surface area contributed by atoms with Gasteiger partial charge in [-0.05, 0) is 24.1 Å². The van der Waals surface area contributed by atoms with Gasteiger partial charge in [-0.3, -0.25) is 14.4 Å². The summed E-state index contributed by atoms with van der Waals surface area (Å²) in [5.41, 5.74) is 0.603. The second kappa shape index (κ2) is 4.76. The number of hydrogen-bond acceptors (Lipinski definition) is 4. The summed E-state index contributed by atoms with van der Waals surface area (Å²) in [6.45, 7) is -0.115. The van der Waals surface area contributed by atoms with Crippen LogP contribution in [0.1, 0.15) is 18.0 Å². The molecular weight excluding hydrogens is 276 g/mol. The molecule has 2 heterocycles. The van der Waals surface area contributed by atoms with Crippen molar-refractivity contribution in [1.29, 1.82) is 0 Å². The zero-order valence-corrected chi connectivity index (χ0v) is 11.0. The van der Waals surface area contributed by atoms with Gasteiger partial charge >= 0.3 is 5.97 Å². The quantitative estimate of drug-likeness (QED) is 0.703. The highest BCUT2D eigenvalue weighted by atomic mass is 16.4. The Hall–Kier alpha value is -2.57. The third-order valence-corrected chi connectivity index (χ3v) is 4.05. The van der Waals surface area contributed by atoms with E-state index in [1.165, 1.54) is 17.0 Å². The van der Waals surface area contributed by atoms with E-state index < -0.39 is 24.0 Å². The van der Waals surface area contributed by atoms with Gasteiger partial charge in [0.1, 0.15) is 11.8 Å². The third-order valence-electron chi connectivity index (χ3n) is 4.05. The van der Waals surface area contributed by atoms with Crippen LogP contribution in [0.15, 0.2) is 24.3 Å². The molecule has 7 nitrogen and oxygen atoms in total. The summed E-state index contributed by atoms with van der Waals surface area (Å²) in [7, 11) is 0. The zero-order valence-electron chi connectivity index (χ0n) is 11.0. The molecule has 3 atom stereocenters. The lowest BCUT2D eigenvalue weighted by molar-refractivity contribution is -0.147. The summed E-state index contributed by atoms with van der Waals surface area (Å²) < 4.78 is 0. The maximum absolute atomic E-state index is 12.1. The number of fused-ring (bicyclic) bond motifs is 1. The van der Waals surface area contributed by atoms with Gasteiger partial charge in [0.2, 0.25) is 11.8 Å². The standard InChI is InChI=1S/C14H14N2O5/c17-8-3-1-7(2-4-8)12-9(14(20)21)5-10-13(19)15-6-11(18)16(10)12/h1-4,9-10,12,17H,5-6H2,(H,15,19)(H,20,21)/t9-,10-,12-/m0/s1. The molecular formula is C14H14N2O5. The highest BCUT2D eigenvalue weighted by molar-refractivity contribution is 5.96. The van der Waals surface area contributed by atoms with Crippen molar-refractivity contribution in [2.75, 3.05) is 6.54 Å². The van der Waals surface area contributed by atoms with E-state index in [0.29, 0.717) is 5.56 Å². The smallest absolute Gasteiger partial charge is 0.309 e. The van der Waals surface area contributed by atoms with Crippen molar-refractivity contribution in [3.63, 3.8) is 0 Å².